The molecule has 1 aliphatic rings. The van der Waals surface area contributed by atoms with E-state index in [1.54, 1.807) is 0 Å². The van der Waals surface area contributed by atoms with Gasteiger partial charge in [0.2, 0.25) is 0 Å². The highest BCUT2D eigenvalue weighted by Crippen LogP contribution is 2.28. The lowest BCUT2D eigenvalue weighted by atomic mass is 10.1. The van der Waals surface area contributed by atoms with Gasteiger partial charge in [-0.2, -0.15) is 0 Å². The Bertz CT molecular complexity index is 380. The van der Waals surface area contributed by atoms with Crippen molar-refractivity contribution in [1.82, 2.24) is 5.32 Å². The maximum absolute atomic E-state index is 13.5. The van der Waals surface area contributed by atoms with E-state index in [-0.39, 0.29) is 11.9 Å². The Kier molecular flexibility index (Phi) is 3.61. The molecule has 2 rings (SSSR count). The Morgan fingerprint density at radius 3 is 2.88 bits per heavy atom. The van der Waals surface area contributed by atoms with Crippen LogP contribution in [0.2, 0.25) is 5.02 Å². The number of hydrogen-bond donors (Lipinski definition) is 1. The average molecular weight is 248 g/mol. The smallest absolute Gasteiger partial charge is 0.186 e. The predicted octanol–water partition coefficient (Wildman–Crippen LogP) is 2.75. The van der Waals surface area contributed by atoms with Crippen molar-refractivity contribution >= 4 is 11.6 Å². The second-order valence-electron chi connectivity index (χ2n) is 3.76. The first kappa shape index (κ1) is 11.6. The monoisotopic (exact) mass is 247 g/mol. The third-order valence-corrected chi connectivity index (χ3v) is 2.89. The van der Waals surface area contributed by atoms with E-state index in [0.29, 0.717) is 6.54 Å². The molecule has 5 heteroatoms. The van der Waals surface area contributed by atoms with Crippen molar-refractivity contribution in [3.05, 3.63) is 28.8 Å². The Balaban J connectivity index is 2.11. The summed E-state index contributed by atoms with van der Waals surface area (Å²) in [4.78, 5) is 0. The van der Waals surface area contributed by atoms with Crippen LogP contribution in [0.4, 0.5) is 8.78 Å². The van der Waals surface area contributed by atoms with Gasteiger partial charge in [0.05, 0.1) is 0 Å². The molecule has 0 amide bonds. The summed E-state index contributed by atoms with van der Waals surface area (Å²) in [6.07, 6.45) is 1.77. The highest BCUT2D eigenvalue weighted by atomic mass is 35.5. The number of hydrogen-bond acceptors (Lipinski definition) is 2. The molecule has 0 aromatic heterocycles. The molecule has 0 radical (unpaired) electrons. The largest absolute Gasteiger partial charge is 0.486 e. The van der Waals surface area contributed by atoms with E-state index in [0.717, 1.165) is 25.5 Å². The zero-order valence-electron chi connectivity index (χ0n) is 8.60. The fourth-order valence-electron chi connectivity index (χ4n) is 1.70. The van der Waals surface area contributed by atoms with Gasteiger partial charge in [-0.25, -0.2) is 8.78 Å². The molecule has 2 nitrogen and oxygen atoms in total. The van der Waals surface area contributed by atoms with Crippen molar-refractivity contribution in [2.24, 2.45) is 0 Å². The van der Waals surface area contributed by atoms with Gasteiger partial charge in [-0.3, -0.25) is 0 Å². The molecule has 1 aromatic carbocycles. The lowest BCUT2D eigenvalue weighted by molar-refractivity contribution is 0.160. The van der Waals surface area contributed by atoms with Crippen LogP contribution in [0.15, 0.2) is 12.1 Å². The van der Waals surface area contributed by atoms with Crippen molar-refractivity contribution in [2.45, 2.75) is 18.9 Å². The number of ether oxygens (including phenoxy) is 1. The molecule has 88 valence electrons. The zero-order valence-corrected chi connectivity index (χ0v) is 9.36. The molecule has 1 fully saturated rings. The van der Waals surface area contributed by atoms with Crippen LogP contribution in [-0.2, 0) is 0 Å². The number of rotatable bonds is 2. The molecule has 1 aromatic rings. The van der Waals surface area contributed by atoms with Crippen LogP contribution in [0, 0.1) is 11.6 Å². The van der Waals surface area contributed by atoms with E-state index in [9.17, 15) is 8.78 Å². The van der Waals surface area contributed by atoms with Crippen molar-refractivity contribution in [3.63, 3.8) is 0 Å². The lowest BCUT2D eigenvalue weighted by Gasteiger charge is -2.24. The summed E-state index contributed by atoms with van der Waals surface area (Å²) in [5, 5.41) is 2.63. The topological polar surface area (TPSA) is 21.3 Å². The molecular weight excluding hydrogens is 236 g/mol. The molecule has 1 N–H and O–H groups in total. The third-order valence-electron chi connectivity index (χ3n) is 2.55. The minimum atomic E-state index is -0.827. The van der Waals surface area contributed by atoms with E-state index < -0.39 is 16.7 Å². The molecule has 1 unspecified atom stereocenters. The minimum absolute atomic E-state index is 0.0140. The molecule has 1 aliphatic heterocycles. The molecule has 1 atom stereocenters. The van der Waals surface area contributed by atoms with E-state index in [4.69, 9.17) is 16.3 Å². The van der Waals surface area contributed by atoms with Crippen LogP contribution in [0.5, 0.6) is 5.75 Å². The maximum atomic E-state index is 13.5. The Hall–Kier alpha value is -0.870. The zero-order chi connectivity index (χ0) is 11.5. The van der Waals surface area contributed by atoms with E-state index in [1.807, 2.05) is 0 Å². The van der Waals surface area contributed by atoms with E-state index in [1.165, 1.54) is 6.07 Å². The molecular formula is C11H12ClF2NO. The van der Waals surface area contributed by atoms with Crippen molar-refractivity contribution < 1.29 is 13.5 Å². The SMILES string of the molecule is Fc1ccc(OC2CCCNC2)c(F)c1Cl. The molecule has 16 heavy (non-hydrogen) atoms. The average Bonchev–Trinajstić information content (AvgIpc) is 2.31. The second kappa shape index (κ2) is 4.97. The lowest BCUT2D eigenvalue weighted by Crippen LogP contribution is -2.37. The highest BCUT2D eigenvalue weighted by molar-refractivity contribution is 6.31. The highest BCUT2D eigenvalue weighted by Gasteiger charge is 2.18. The molecule has 0 bridgehead atoms. The van der Waals surface area contributed by atoms with Gasteiger partial charge in [0.15, 0.2) is 11.6 Å². The second-order valence-corrected chi connectivity index (χ2v) is 4.14. The number of nitrogens with one attached hydrogen (secondary N) is 1. The summed E-state index contributed by atoms with van der Waals surface area (Å²) in [7, 11) is 0. The quantitative estimate of drug-likeness (QED) is 0.812. The summed E-state index contributed by atoms with van der Waals surface area (Å²) in [6.45, 7) is 1.63. The summed E-state index contributed by atoms with van der Waals surface area (Å²) in [5.74, 6) is -1.58. The van der Waals surface area contributed by atoms with Crippen molar-refractivity contribution in [1.29, 1.82) is 0 Å². The van der Waals surface area contributed by atoms with Crippen LogP contribution >= 0.6 is 11.6 Å². The van der Waals surface area contributed by atoms with Crippen LogP contribution in [0.3, 0.4) is 0 Å². The first-order chi connectivity index (χ1) is 7.68. The number of benzene rings is 1. The minimum Gasteiger partial charge on any atom is -0.486 e. The molecule has 1 saturated heterocycles. The summed E-state index contributed by atoms with van der Waals surface area (Å²) >= 11 is 5.45. The molecule has 0 spiro atoms. The first-order valence-electron chi connectivity index (χ1n) is 5.19. The van der Waals surface area contributed by atoms with Gasteiger partial charge in [0.25, 0.3) is 0 Å². The van der Waals surface area contributed by atoms with Gasteiger partial charge in [-0.15, -0.1) is 0 Å². The summed E-state index contributed by atoms with van der Waals surface area (Å²) in [5.41, 5.74) is 0. The first-order valence-corrected chi connectivity index (χ1v) is 5.57. The summed E-state index contributed by atoms with van der Waals surface area (Å²) in [6, 6.07) is 2.38. The Morgan fingerprint density at radius 1 is 1.38 bits per heavy atom. The molecule has 0 aliphatic carbocycles. The third kappa shape index (κ3) is 2.44. The van der Waals surface area contributed by atoms with E-state index in [2.05, 4.69) is 5.32 Å². The summed E-state index contributed by atoms with van der Waals surface area (Å²) < 4.78 is 31.8. The standard InChI is InChI=1S/C11H12ClF2NO/c12-10-8(13)3-4-9(11(10)14)16-7-2-1-5-15-6-7/h3-4,7,15H,1-2,5-6H2. The van der Waals surface area contributed by atoms with Gasteiger partial charge in [-0.05, 0) is 31.5 Å². The predicted molar refractivity (Wildman–Crippen MR) is 57.9 cm³/mol. The van der Waals surface area contributed by atoms with Crippen molar-refractivity contribution in [2.75, 3.05) is 13.1 Å². The van der Waals surface area contributed by atoms with Gasteiger partial charge >= 0.3 is 0 Å². The number of halogens is 3. The van der Waals surface area contributed by atoms with Gasteiger partial charge in [0.1, 0.15) is 16.9 Å². The van der Waals surface area contributed by atoms with Gasteiger partial charge < -0.3 is 10.1 Å². The maximum Gasteiger partial charge on any atom is 0.186 e. The van der Waals surface area contributed by atoms with Crippen LogP contribution in [-0.4, -0.2) is 19.2 Å². The fourth-order valence-corrected chi connectivity index (χ4v) is 1.86. The van der Waals surface area contributed by atoms with Gasteiger partial charge in [0, 0.05) is 6.54 Å². The van der Waals surface area contributed by atoms with Crippen LogP contribution in [0.1, 0.15) is 12.8 Å². The Labute approximate surface area is 97.5 Å². The van der Waals surface area contributed by atoms with Crippen molar-refractivity contribution in [3.8, 4) is 5.75 Å². The van der Waals surface area contributed by atoms with Crippen LogP contribution in [0.25, 0.3) is 0 Å². The Morgan fingerprint density at radius 2 is 2.19 bits per heavy atom. The van der Waals surface area contributed by atoms with Gasteiger partial charge in [-0.1, -0.05) is 11.6 Å². The fraction of sp³-hybridized carbons (Fsp3) is 0.455. The van der Waals surface area contributed by atoms with E-state index >= 15 is 0 Å². The molecule has 1 heterocycles. The molecule has 0 saturated carbocycles. The normalized spacial score (nSPS) is 20.8. The number of piperidine rings is 1. The van der Waals surface area contributed by atoms with Crippen LogP contribution < -0.4 is 10.1 Å².